The fraction of sp³-hybridized carbons (Fsp3) is 0.647. The molecule has 0 unspecified atom stereocenters. The zero-order valence-electron chi connectivity index (χ0n) is 14.8. The Labute approximate surface area is 149 Å². The van der Waals surface area contributed by atoms with Crippen LogP contribution in [-0.2, 0) is 16.1 Å². The van der Waals surface area contributed by atoms with Crippen molar-refractivity contribution in [3.05, 3.63) is 23.7 Å². The summed E-state index contributed by atoms with van der Waals surface area (Å²) < 4.78 is 37.4. The van der Waals surface area contributed by atoms with E-state index in [0.717, 1.165) is 37.7 Å². The lowest BCUT2D eigenvalue weighted by Gasteiger charge is -2.36. The predicted octanol–water partition coefficient (Wildman–Crippen LogP) is 2.66. The Morgan fingerprint density at radius 1 is 1.31 bits per heavy atom. The number of aryl methyl sites for hydroxylation is 1. The number of amides is 1. The minimum absolute atomic E-state index is 0.211. The van der Waals surface area contributed by atoms with Crippen LogP contribution in [0.5, 0.6) is 0 Å². The van der Waals surface area contributed by atoms with Crippen molar-refractivity contribution < 1.29 is 32.3 Å². The summed E-state index contributed by atoms with van der Waals surface area (Å²) in [6.45, 7) is 7.48. The number of likely N-dealkylation sites (tertiary alicyclic amines) is 2. The van der Waals surface area contributed by atoms with Crippen LogP contribution < -0.4 is 0 Å². The molecule has 146 valence electrons. The third kappa shape index (κ3) is 5.23. The van der Waals surface area contributed by atoms with E-state index in [9.17, 15) is 18.0 Å². The Morgan fingerprint density at radius 2 is 1.96 bits per heavy atom. The van der Waals surface area contributed by atoms with E-state index in [-0.39, 0.29) is 5.91 Å². The van der Waals surface area contributed by atoms with Crippen LogP contribution in [0.15, 0.2) is 16.5 Å². The van der Waals surface area contributed by atoms with Gasteiger partial charge in [-0.05, 0) is 44.4 Å². The van der Waals surface area contributed by atoms with Gasteiger partial charge in [0.2, 0.25) is 5.91 Å². The molecule has 3 heterocycles. The number of carbonyl (C=O) groups is 2. The highest BCUT2D eigenvalue weighted by Gasteiger charge is 2.40. The van der Waals surface area contributed by atoms with Crippen molar-refractivity contribution in [2.45, 2.75) is 45.5 Å². The first-order valence-corrected chi connectivity index (χ1v) is 8.43. The van der Waals surface area contributed by atoms with E-state index in [0.29, 0.717) is 12.0 Å². The maximum absolute atomic E-state index is 11.5. The fourth-order valence-corrected chi connectivity index (χ4v) is 3.50. The summed E-state index contributed by atoms with van der Waals surface area (Å²) in [5.74, 6) is 0.115. The normalized spacial score (nSPS) is 23.2. The number of alkyl halides is 3. The smallest absolute Gasteiger partial charge is 0.475 e. The molecule has 2 aliphatic rings. The van der Waals surface area contributed by atoms with Crippen LogP contribution in [0.25, 0.3) is 0 Å². The van der Waals surface area contributed by atoms with Crippen LogP contribution >= 0.6 is 0 Å². The first-order valence-electron chi connectivity index (χ1n) is 8.43. The molecular formula is C17H23F3N2O4. The number of furan rings is 1. The topological polar surface area (TPSA) is 74.0 Å². The second-order valence-electron chi connectivity index (χ2n) is 6.68. The Bertz CT molecular complexity index is 644. The molecule has 0 spiro atoms. The minimum Gasteiger partial charge on any atom is -0.475 e. The predicted molar refractivity (Wildman–Crippen MR) is 86.3 cm³/mol. The standard InChI is InChI=1S/C15H22N2O2.C2HF3O2/c1-11-5-6-14(19-11)9-16-7-3-4-13-8-17(12(2)18)10-15(13)16;3-2(4,5)1(6)7/h5-6,13,15H,3-4,7-10H2,1-2H3;(H,6,7)/t13-,15+;/m1./s1. The van der Waals surface area contributed by atoms with Gasteiger partial charge in [-0.2, -0.15) is 13.2 Å². The number of carbonyl (C=O) groups excluding carboxylic acids is 1. The van der Waals surface area contributed by atoms with E-state index in [1.54, 1.807) is 6.92 Å². The SMILES string of the molecule is CC(=O)N1C[C@H]2CCCN(Cc3ccc(C)o3)[C@H]2C1.O=C(O)C(F)(F)F. The Balaban J connectivity index is 0.000000298. The minimum atomic E-state index is -5.08. The molecular weight excluding hydrogens is 353 g/mol. The molecule has 0 bridgehead atoms. The van der Waals surface area contributed by atoms with Crippen LogP contribution in [0.1, 0.15) is 31.3 Å². The van der Waals surface area contributed by atoms with E-state index in [2.05, 4.69) is 11.0 Å². The van der Waals surface area contributed by atoms with E-state index in [1.807, 2.05) is 17.9 Å². The highest BCUT2D eigenvalue weighted by molar-refractivity contribution is 5.73. The number of hydrogen-bond donors (Lipinski definition) is 1. The number of nitrogens with zero attached hydrogens (tertiary/aromatic N) is 2. The van der Waals surface area contributed by atoms with E-state index >= 15 is 0 Å². The molecule has 1 N–H and O–H groups in total. The van der Waals surface area contributed by atoms with Gasteiger partial charge >= 0.3 is 12.1 Å². The number of fused-ring (bicyclic) bond motifs is 1. The summed E-state index contributed by atoms with van der Waals surface area (Å²) >= 11 is 0. The highest BCUT2D eigenvalue weighted by atomic mass is 19.4. The van der Waals surface area contributed by atoms with Crippen LogP contribution in [0.4, 0.5) is 13.2 Å². The number of carboxylic acid groups (broad SMARTS) is 1. The van der Waals surface area contributed by atoms with Crippen molar-refractivity contribution in [3.63, 3.8) is 0 Å². The van der Waals surface area contributed by atoms with Gasteiger partial charge in [0.15, 0.2) is 0 Å². The zero-order valence-corrected chi connectivity index (χ0v) is 14.8. The number of carboxylic acids is 1. The second-order valence-corrected chi connectivity index (χ2v) is 6.68. The van der Waals surface area contributed by atoms with E-state index in [4.69, 9.17) is 14.3 Å². The van der Waals surface area contributed by atoms with Gasteiger partial charge in [0.05, 0.1) is 6.54 Å². The van der Waals surface area contributed by atoms with Crippen molar-refractivity contribution in [2.75, 3.05) is 19.6 Å². The van der Waals surface area contributed by atoms with Crippen LogP contribution in [0.2, 0.25) is 0 Å². The van der Waals surface area contributed by atoms with E-state index < -0.39 is 12.1 Å². The maximum Gasteiger partial charge on any atom is 0.490 e. The van der Waals surface area contributed by atoms with Gasteiger partial charge in [-0.1, -0.05) is 0 Å². The summed E-state index contributed by atoms with van der Waals surface area (Å²) in [6, 6.07) is 4.60. The first-order chi connectivity index (χ1) is 12.1. The average molecular weight is 376 g/mol. The molecule has 26 heavy (non-hydrogen) atoms. The quantitative estimate of drug-likeness (QED) is 0.859. The van der Waals surface area contributed by atoms with Crippen LogP contribution in [-0.4, -0.2) is 58.6 Å². The molecule has 1 aromatic heterocycles. The number of hydrogen-bond acceptors (Lipinski definition) is 4. The first kappa shape index (κ1) is 20.3. The van der Waals surface area contributed by atoms with E-state index in [1.165, 1.54) is 12.8 Å². The Morgan fingerprint density at radius 3 is 2.46 bits per heavy atom. The van der Waals surface area contributed by atoms with Crippen molar-refractivity contribution in [2.24, 2.45) is 5.92 Å². The van der Waals surface area contributed by atoms with Gasteiger partial charge in [-0.3, -0.25) is 9.69 Å². The zero-order chi connectivity index (χ0) is 19.5. The van der Waals surface area contributed by atoms with Crippen molar-refractivity contribution in [3.8, 4) is 0 Å². The van der Waals surface area contributed by atoms with Gasteiger partial charge in [0, 0.05) is 26.1 Å². The van der Waals surface area contributed by atoms with Crippen LogP contribution in [0, 0.1) is 12.8 Å². The lowest BCUT2D eigenvalue weighted by Crippen LogP contribution is -2.44. The summed E-state index contributed by atoms with van der Waals surface area (Å²) in [7, 11) is 0. The monoisotopic (exact) mass is 376 g/mol. The molecule has 2 fully saturated rings. The number of halogens is 3. The number of aliphatic carboxylic acids is 1. The molecule has 2 atom stereocenters. The van der Waals surface area contributed by atoms with Gasteiger partial charge in [0.25, 0.3) is 0 Å². The molecule has 0 aliphatic carbocycles. The molecule has 0 radical (unpaired) electrons. The average Bonchev–Trinajstić information content (AvgIpc) is 3.14. The van der Waals surface area contributed by atoms with Crippen LogP contribution in [0.3, 0.4) is 0 Å². The molecule has 0 aromatic carbocycles. The summed E-state index contributed by atoms with van der Waals surface area (Å²) in [5, 5.41) is 7.12. The molecule has 1 amide bonds. The molecule has 0 saturated carbocycles. The summed E-state index contributed by atoms with van der Waals surface area (Å²) in [6.07, 6.45) is -2.60. The highest BCUT2D eigenvalue weighted by Crippen LogP contribution is 2.31. The molecule has 1 aromatic rings. The fourth-order valence-electron chi connectivity index (χ4n) is 3.50. The second kappa shape index (κ2) is 8.11. The molecule has 9 heteroatoms. The van der Waals surface area contributed by atoms with Crippen molar-refractivity contribution >= 4 is 11.9 Å². The Kier molecular flexibility index (Phi) is 6.33. The Hall–Kier alpha value is -2.03. The van der Waals surface area contributed by atoms with Gasteiger partial charge in [0.1, 0.15) is 11.5 Å². The van der Waals surface area contributed by atoms with Gasteiger partial charge < -0.3 is 14.4 Å². The third-order valence-corrected chi connectivity index (χ3v) is 4.74. The molecule has 2 aliphatic heterocycles. The van der Waals surface area contributed by atoms with Crippen molar-refractivity contribution in [1.29, 1.82) is 0 Å². The molecule has 3 rings (SSSR count). The lowest BCUT2D eigenvalue weighted by atomic mass is 9.92. The van der Waals surface area contributed by atoms with Gasteiger partial charge in [-0.25, -0.2) is 4.79 Å². The maximum atomic E-state index is 11.5. The summed E-state index contributed by atoms with van der Waals surface area (Å²) in [4.78, 5) is 24.9. The third-order valence-electron chi connectivity index (χ3n) is 4.74. The lowest BCUT2D eigenvalue weighted by molar-refractivity contribution is -0.192. The van der Waals surface area contributed by atoms with Crippen molar-refractivity contribution in [1.82, 2.24) is 9.80 Å². The molecule has 2 saturated heterocycles. The number of piperidine rings is 1. The van der Waals surface area contributed by atoms with Gasteiger partial charge in [-0.15, -0.1) is 0 Å². The number of rotatable bonds is 2. The molecule has 6 nitrogen and oxygen atoms in total. The summed E-state index contributed by atoms with van der Waals surface area (Å²) in [5.41, 5.74) is 0. The largest absolute Gasteiger partial charge is 0.490 e.